The van der Waals surface area contributed by atoms with Gasteiger partial charge < -0.3 is 15.4 Å². The van der Waals surface area contributed by atoms with Crippen LogP contribution in [0.3, 0.4) is 0 Å². The fraction of sp³-hybridized carbons (Fsp3) is 0.600. The van der Waals surface area contributed by atoms with E-state index in [1.54, 1.807) is 0 Å². The molecule has 1 atom stereocenters. The number of hydrogen-bond donors (Lipinski definition) is 1. The third kappa shape index (κ3) is 3.16. The molecule has 5 nitrogen and oxygen atoms in total. The van der Waals surface area contributed by atoms with Crippen molar-refractivity contribution in [2.24, 2.45) is 5.73 Å². The van der Waals surface area contributed by atoms with Crippen LogP contribution in [0.5, 0.6) is 0 Å². The molecule has 2 rings (SSSR count). The van der Waals surface area contributed by atoms with Gasteiger partial charge in [0.05, 0.1) is 23.0 Å². The predicted molar refractivity (Wildman–Crippen MR) is 77.6 cm³/mol. The molecular weight excluding hydrogens is 254 g/mol. The van der Waals surface area contributed by atoms with Crippen LogP contribution < -0.4 is 5.73 Å². The summed E-state index contributed by atoms with van der Waals surface area (Å²) in [5, 5.41) is 0. The molecule has 0 aliphatic carbocycles. The number of ether oxygens (including phenoxy) is 1. The number of carbonyl (C=O) groups is 1. The molecule has 0 spiro atoms. The minimum Gasteiger partial charge on any atom is -0.367 e. The van der Waals surface area contributed by atoms with Gasteiger partial charge in [0.15, 0.2) is 0 Å². The summed E-state index contributed by atoms with van der Waals surface area (Å²) in [7, 11) is 0. The number of aryl methyl sites for hydroxylation is 2. The molecule has 1 aliphatic rings. The standard InChI is InChI=1S/C15H23N3O2/c1-10-5-6-13(11(2)17-10)14(19)18-8-12(7-16)20-15(3,4)9-18/h5-6,12H,7-9,16H2,1-4H3. The first kappa shape index (κ1) is 14.9. The van der Waals surface area contributed by atoms with E-state index in [4.69, 9.17) is 10.5 Å². The smallest absolute Gasteiger partial charge is 0.255 e. The van der Waals surface area contributed by atoms with Crippen molar-refractivity contribution >= 4 is 5.91 Å². The number of pyridine rings is 1. The van der Waals surface area contributed by atoms with Crippen LogP contribution in [0, 0.1) is 13.8 Å². The maximum atomic E-state index is 12.7. The van der Waals surface area contributed by atoms with E-state index in [0.29, 0.717) is 25.2 Å². The molecule has 1 aromatic rings. The summed E-state index contributed by atoms with van der Waals surface area (Å²) in [4.78, 5) is 18.9. The molecule has 1 aliphatic heterocycles. The Labute approximate surface area is 120 Å². The summed E-state index contributed by atoms with van der Waals surface area (Å²) in [5.74, 6) is 0.00447. The number of nitrogens with two attached hydrogens (primary N) is 1. The van der Waals surface area contributed by atoms with Gasteiger partial charge in [-0.3, -0.25) is 9.78 Å². The molecular formula is C15H23N3O2. The highest BCUT2D eigenvalue weighted by Gasteiger charge is 2.35. The van der Waals surface area contributed by atoms with E-state index < -0.39 is 0 Å². The minimum absolute atomic E-state index is 0.00447. The van der Waals surface area contributed by atoms with Crippen LogP contribution in [0.1, 0.15) is 35.6 Å². The van der Waals surface area contributed by atoms with Crippen LogP contribution in [-0.4, -0.2) is 47.1 Å². The molecule has 1 saturated heterocycles. The zero-order valence-electron chi connectivity index (χ0n) is 12.6. The lowest BCUT2D eigenvalue weighted by Crippen LogP contribution is -2.56. The van der Waals surface area contributed by atoms with Gasteiger partial charge in [0.1, 0.15) is 0 Å². The van der Waals surface area contributed by atoms with Gasteiger partial charge in [-0.2, -0.15) is 0 Å². The van der Waals surface area contributed by atoms with Gasteiger partial charge >= 0.3 is 0 Å². The molecule has 2 N–H and O–H groups in total. The fourth-order valence-electron chi connectivity index (χ4n) is 2.66. The van der Waals surface area contributed by atoms with Crippen molar-refractivity contribution in [2.45, 2.75) is 39.4 Å². The lowest BCUT2D eigenvalue weighted by Gasteiger charge is -2.42. The van der Waals surface area contributed by atoms with Gasteiger partial charge in [0, 0.05) is 25.3 Å². The summed E-state index contributed by atoms with van der Waals surface area (Å²) in [6, 6.07) is 3.71. The van der Waals surface area contributed by atoms with Crippen LogP contribution in [0.15, 0.2) is 12.1 Å². The molecule has 2 heterocycles. The van der Waals surface area contributed by atoms with Gasteiger partial charge in [0.25, 0.3) is 5.91 Å². The maximum Gasteiger partial charge on any atom is 0.255 e. The van der Waals surface area contributed by atoms with E-state index in [2.05, 4.69) is 4.98 Å². The van der Waals surface area contributed by atoms with Gasteiger partial charge in [-0.15, -0.1) is 0 Å². The molecule has 1 aromatic heterocycles. The lowest BCUT2D eigenvalue weighted by atomic mass is 10.0. The Morgan fingerprint density at radius 2 is 2.20 bits per heavy atom. The quantitative estimate of drug-likeness (QED) is 0.884. The van der Waals surface area contributed by atoms with Crippen molar-refractivity contribution in [3.8, 4) is 0 Å². The number of hydrogen-bond acceptors (Lipinski definition) is 4. The van der Waals surface area contributed by atoms with Crippen molar-refractivity contribution in [2.75, 3.05) is 19.6 Å². The lowest BCUT2D eigenvalue weighted by molar-refractivity contribution is -0.122. The molecule has 0 bridgehead atoms. The molecule has 0 radical (unpaired) electrons. The van der Waals surface area contributed by atoms with E-state index in [0.717, 1.165) is 11.4 Å². The Hall–Kier alpha value is -1.46. The van der Waals surface area contributed by atoms with Crippen LogP contribution >= 0.6 is 0 Å². The summed E-state index contributed by atoms with van der Waals surface area (Å²) >= 11 is 0. The van der Waals surface area contributed by atoms with Crippen LogP contribution in [0.2, 0.25) is 0 Å². The van der Waals surface area contributed by atoms with Gasteiger partial charge in [-0.1, -0.05) is 0 Å². The van der Waals surface area contributed by atoms with Gasteiger partial charge in [0.2, 0.25) is 0 Å². The molecule has 20 heavy (non-hydrogen) atoms. The first-order valence-corrected chi connectivity index (χ1v) is 6.94. The average molecular weight is 277 g/mol. The second-order valence-corrected chi connectivity index (χ2v) is 6.01. The number of aromatic nitrogens is 1. The Balaban J connectivity index is 2.23. The zero-order valence-corrected chi connectivity index (χ0v) is 12.6. The first-order chi connectivity index (χ1) is 9.32. The van der Waals surface area contributed by atoms with Crippen molar-refractivity contribution in [1.82, 2.24) is 9.88 Å². The van der Waals surface area contributed by atoms with E-state index in [9.17, 15) is 4.79 Å². The Bertz CT molecular complexity index is 514. The largest absolute Gasteiger partial charge is 0.367 e. The first-order valence-electron chi connectivity index (χ1n) is 6.94. The Morgan fingerprint density at radius 3 is 2.80 bits per heavy atom. The van der Waals surface area contributed by atoms with Gasteiger partial charge in [-0.25, -0.2) is 0 Å². The number of amides is 1. The Morgan fingerprint density at radius 1 is 1.50 bits per heavy atom. The summed E-state index contributed by atoms with van der Waals surface area (Å²) < 4.78 is 5.85. The van der Waals surface area contributed by atoms with Crippen molar-refractivity contribution in [3.63, 3.8) is 0 Å². The molecule has 1 fully saturated rings. The van der Waals surface area contributed by atoms with E-state index in [1.807, 2.05) is 44.7 Å². The normalized spacial score (nSPS) is 21.9. The molecule has 0 aromatic carbocycles. The predicted octanol–water partition coefficient (Wildman–Crippen LogP) is 1.28. The molecule has 0 saturated carbocycles. The van der Waals surface area contributed by atoms with Crippen molar-refractivity contribution < 1.29 is 9.53 Å². The topological polar surface area (TPSA) is 68.5 Å². The summed E-state index contributed by atoms with van der Waals surface area (Å²) in [6.45, 7) is 9.26. The van der Waals surface area contributed by atoms with E-state index in [-0.39, 0.29) is 17.6 Å². The molecule has 1 unspecified atom stereocenters. The van der Waals surface area contributed by atoms with Crippen molar-refractivity contribution in [3.05, 3.63) is 29.1 Å². The second-order valence-electron chi connectivity index (χ2n) is 6.01. The van der Waals surface area contributed by atoms with Crippen LogP contribution in [0.4, 0.5) is 0 Å². The highest BCUT2D eigenvalue weighted by atomic mass is 16.5. The highest BCUT2D eigenvalue weighted by Crippen LogP contribution is 2.22. The third-order valence-corrected chi connectivity index (χ3v) is 3.49. The zero-order chi connectivity index (χ0) is 14.9. The maximum absolute atomic E-state index is 12.7. The second kappa shape index (κ2) is 5.50. The fourth-order valence-corrected chi connectivity index (χ4v) is 2.66. The molecule has 110 valence electrons. The van der Waals surface area contributed by atoms with Crippen molar-refractivity contribution in [1.29, 1.82) is 0 Å². The summed E-state index contributed by atoms with van der Waals surface area (Å²) in [6.07, 6.45) is -0.110. The summed E-state index contributed by atoms with van der Waals surface area (Å²) in [5.41, 5.74) is 7.67. The minimum atomic E-state index is -0.371. The number of carbonyl (C=O) groups excluding carboxylic acids is 1. The molecule has 5 heteroatoms. The van der Waals surface area contributed by atoms with Crippen LogP contribution in [-0.2, 0) is 4.74 Å². The number of rotatable bonds is 2. The van der Waals surface area contributed by atoms with Gasteiger partial charge in [-0.05, 0) is 39.8 Å². The number of nitrogens with zero attached hydrogens (tertiary/aromatic N) is 2. The Kier molecular flexibility index (Phi) is 4.11. The monoisotopic (exact) mass is 277 g/mol. The number of morpholine rings is 1. The highest BCUT2D eigenvalue weighted by molar-refractivity contribution is 5.95. The van der Waals surface area contributed by atoms with Crippen LogP contribution in [0.25, 0.3) is 0 Å². The third-order valence-electron chi connectivity index (χ3n) is 3.49. The SMILES string of the molecule is Cc1ccc(C(=O)N2CC(CN)OC(C)(C)C2)c(C)n1. The molecule has 1 amide bonds. The van der Waals surface area contributed by atoms with E-state index >= 15 is 0 Å². The average Bonchev–Trinajstić information content (AvgIpc) is 2.36. The van der Waals surface area contributed by atoms with E-state index in [1.165, 1.54) is 0 Å².